The van der Waals surface area contributed by atoms with Crippen LogP contribution in [0.3, 0.4) is 0 Å². The SMILES string of the molecule is CC12CCC3(Cl)C=C4CC(O)CCC4CC[C@]3(O)C1CC=C2c1ccc2cn[nH]c2c1.CNC. The first-order valence-electron chi connectivity index (χ1n) is 12.8. The van der Waals surface area contributed by atoms with Crippen LogP contribution in [0.15, 0.2) is 42.1 Å². The lowest BCUT2D eigenvalue weighted by Gasteiger charge is -2.56. The molecular formula is C28H38ClN3O2. The van der Waals surface area contributed by atoms with Crippen molar-refractivity contribution in [3.63, 3.8) is 0 Å². The van der Waals surface area contributed by atoms with Crippen LogP contribution in [0.5, 0.6) is 0 Å². The maximum Gasteiger partial charge on any atom is 0.0918 e. The van der Waals surface area contributed by atoms with Crippen LogP contribution < -0.4 is 5.32 Å². The minimum absolute atomic E-state index is 0.0978. The molecule has 4 aliphatic rings. The number of halogens is 1. The van der Waals surface area contributed by atoms with Crippen LogP contribution in [0.25, 0.3) is 16.5 Å². The van der Waals surface area contributed by atoms with Gasteiger partial charge in [-0.2, -0.15) is 5.10 Å². The molecule has 1 aromatic carbocycles. The summed E-state index contributed by atoms with van der Waals surface area (Å²) < 4.78 is 0. The Balaban J connectivity index is 0.000000764. The lowest BCUT2D eigenvalue weighted by Crippen LogP contribution is -2.61. The van der Waals surface area contributed by atoms with Gasteiger partial charge in [0.1, 0.15) is 0 Å². The summed E-state index contributed by atoms with van der Waals surface area (Å²) in [6.07, 6.45) is 13.0. The number of hydrogen-bond donors (Lipinski definition) is 4. The number of hydrogen-bond acceptors (Lipinski definition) is 4. The van der Waals surface area contributed by atoms with Crippen molar-refractivity contribution in [1.82, 2.24) is 15.5 Å². The lowest BCUT2D eigenvalue weighted by atomic mass is 9.54. The number of aromatic amines is 1. The van der Waals surface area contributed by atoms with Crippen LogP contribution in [0.1, 0.15) is 63.9 Å². The lowest BCUT2D eigenvalue weighted by molar-refractivity contribution is -0.106. The maximum absolute atomic E-state index is 12.3. The molecule has 0 saturated heterocycles. The average molecular weight is 484 g/mol. The van der Waals surface area contributed by atoms with Gasteiger partial charge >= 0.3 is 0 Å². The molecule has 1 heterocycles. The number of aliphatic hydroxyl groups excluding tert-OH is 1. The van der Waals surface area contributed by atoms with E-state index in [-0.39, 0.29) is 17.4 Å². The van der Waals surface area contributed by atoms with Crippen LogP contribution >= 0.6 is 11.6 Å². The summed E-state index contributed by atoms with van der Waals surface area (Å²) in [5, 5.41) is 33.7. The molecule has 5 unspecified atom stereocenters. The van der Waals surface area contributed by atoms with Gasteiger partial charge in [0.15, 0.2) is 0 Å². The number of benzene rings is 1. The predicted octanol–water partition coefficient (Wildman–Crippen LogP) is 5.19. The molecular weight excluding hydrogens is 446 g/mol. The quantitative estimate of drug-likeness (QED) is 0.332. The molecule has 4 N–H and O–H groups in total. The molecule has 6 heteroatoms. The largest absolute Gasteiger partial charge is 0.393 e. The zero-order chi connectivity index (χ0) is 24.1. The summed E-state index contributed by atoms with van der Waals surface area (Å²) in [7, 11) is 3.75. The van der Waals surface area contributed by atoms with Gasteiger partial charge in [0, 0.05) is 11.3 Å². The topological polar surface area (TPSA) is 81.2 Å². The van der Waals surface area contributed by atoms with Crippen LogP contribution in [0, 0.1) is 17.3 Å². The summed E-state index contributed by atoms with van der Waals surface area (Å²) >= 11 is 7.33. The van der Waals surface area contributed by atoms with Crippen LogP contribution in [0.2, 0.25) is 0 Å². The van der Waals surface area contributed by atoms with Gasteiger partial charge in [-0.1, -0.05) is 36.8 Å². The van der Waals surface area contributed by atoms with Gasteiger partial charge in [-0.3, -0.25) is 5.10 Å². The van der Waals surface area contributed by atoms with Crippen molar-refractivity contribution >= 4 is 28.1 Å². The second-order valence-corrected chi connectivity index (χ2v) is 11.8. The number of alkyl halides is 1. The molecule has 0 bridgehead atoms. The van der Waals surface area contributed by atoms with E-state index in [9.17, 15) is 10.2 Å². The number of aliphatic hydroxyl groups is 2. The van der Waals surface area contributed by atoms with Gasteiger partial charge in [-0.25, -0.2) is 0 Å². The summed E-state index contributed by atoms with van der Waals surface area (Å²) in [6, 6.07) is 6.51. The van der Waals surface area contributed by atoms with E-state index in [0.717, 1.165) is 55.8 Å². The second kappa shape index (κ2) is 8.77. The summed E-state index contributed by atoms with van der Waals surface area (Å²) in [6.45, 7) is 2.33. The standard InChI is InChI=1S/C26H31ClN2O2.C2H7N/c1-24-10-11-25(27)14-19-12-20(30)5-4-16(19)8-9-26(25,31)23(24)7-6-21(24)17-2-3-18-15-28-29-22(18)13-17;1-3-2/h2-3,6,13-16,20,23,30-31H,4-5,7-12H2,1H3,(H,28,29);3H,1-2H3/t16?,20?,23?,24?,25?,26-;/m0./s1. The molecule has 4 aliphatic carbocycles. The van der Waals surface area contributed by atoms with E-state index < -0.39 is 10.5 Å². The van der Waals surface area contributed by atoms with Crippen molar-refractivity contribution in [2.45, 2.75) is 74.9 Å². The molecule has 34 heavy (non-hydrogen) atoms. The Morgan fingerprint density at radius 1 is 1.15 bits per heavy atom. The van der Waals surface area contributed by atoms with Gasteiger partial charge in [0.25, 0.3) is 0 Å². The Labute approximate surface area is 207 Å². The molecule has 0 spiro atoms. The molecule has 0 radical (unpaired) electrons. The first kappa shape index (κ1) is 24.1. The fourth-order valence-electron chi connectivity index (χ4n) is 7.34. The molecule has 2 fully saturated rings. The highest BCUT2D eigenvalue weighted by Gasteiger charge is 2.64. The summed E-state index contributed by atoms with van der Waals surface area (Å²) in [4.78, 5) is -0.741. The van der Waals surface area contributed by atoms with Crippen molar-refractivity contribution in [3.8, 4) is 0 Å². The van der Waals surface area contributed by atoms with E-state index in [2.05, 4.69) is 52.8 Å². The van der Waals surface area contributed by atoms with E-state index in [1.165, 1.54) is 16.7 Å². The first-order chi connectivity index (χ1) is 16.2. The Morgan fingerprint density at radius 3 is 2.74 bits per heavy atom. The van der Waals surface area contributed by atoms with Gasteiger partial charge < -0.3 is 15.5 Å². The van der Waals surface area contributed by atoms with Gasteiger partial charge in [-0.05, 0) is 94.0 Å². The molecule has 184 valence electrons. The number of rotatable bonds is 1. The third-order valence-electron chi connectivity index (χ3n) is 9.13. The molecule has 0 amide bonds. The van der Waals surface area contributed by atoms with Crippen molar-refractivity contribution < 1.29 is 10.2 Å². The Kier molecular flexibility index (Phi) is 6.21. The van der Waals surface area contributed by atoms with Gasteiger partial charge in [0.2, 0.25) is 0 Å². The minimum Gasteiger partial charge on any atom is -0.393 e. The Bertz CT molecular complexity index is 1130. The molecule has 0 aliphatic heterocycles. The van der Waals surface area contributed by atoms with Crippen molar-refractivity contribution in [3.05, 3.63) is 47.7 Å². The van der Waals surface area contributed by atoms with Crippen molar-refractivity contribution in [1.29, 1.82) is 0 Å². The highest BCUT2D eigenvalue weighted by atomic mass is 35.5. The Hall–Kier alpha value is -1.66. The number of H-pyrrole nitrogens is 1. The molecule has 5 nitrogen and oxygen atoms in total. The fourth-order valence-corrected chi connectivity index (χ4v) is 7.80. The Morgan fingerprint density at radius 2 is 1.94 bits per heavy atom. The minimum atomic E-state index is -0.937. The second-order valence-electron chi connectivity index (χ2n) is 11.2. The van der Waals surface area contributed by atoms with E-state index in [1.54, 1.807) is 0 Å². The fraction of sp³-hybridized carbons (Fsp3) is 0.607. The zero-order valence-electron chi connectivity index (χ0n) is 20.6. The average Bonchev–Trinajstić information content (AvgIpc) is 3.38. The van der Waals surface area contributed by atoms with Gasteiger partial charge in [0.05, 0.1) is 28.3 Å². The molecule has 1 aromatic heterocycles. The summed E-state index contributed by atoms with van der Waals surface area (Å²) in [5.74, 6) is 0.553. The van der Waals surface area contributed by atoms with Crippen LogP contribution in [-0.2, 0) is 0 Å². The highest BCUT2D eigenvalue weighted by molar-refractivity contribution is 6.26. The van der Waals surface area contributed by atoms with E-state index in [1.807, 2.05) is 20.3 Å². The molecule has 2 saturated carbocycles. The number of aromatic nitrogens is 2. The predicted molar refractivity (Wildman–Crippen MR) is 139 cm³/mol. The molecule has 6 atom stereocenters. The smallest absolute Gasteiger partial charge is 0.0918 e. The van der Waals surface area contributed by atoms with E-state index in [0.29, 0.717) is 12.3 Å². The summed E-state index contributed by atoms with van der Waals surface area (Å²) in [5.41, 5.74) is 3.85. The van der Waals surface area contributed by atoms with Crippen LogP contribution in [-0.4, -0.2) is 51.1 Å². The highest BCUT2D eigenvalue weighted by Crippen LogP contribution is 2.65. The van der Waals surface area contributed by atoms with E-state index >= 15 is 0 Å². The van der Waals surface area contributed by atoms with Crippen molar-refractivity contribution in [2.75, 3.05) is 14.1 Å². The number of fused-ring (bicyclic) bond motifs is 5. The van der Waals surface area contributed by atoms with Crippen LogP contribution in [0.4, 0.5) is 0 Å². The molecule has 2 aromatic rings. The zero-order valence-corrected chi connectivity index (χ0v) is 21.3. The monoisotopic (exact) mass is 483 g/mol. The maximum atomic E-state index is 12.3. The van der Waals surface area contributed by atoms with E-state index in [4.69, 9.17) is 11.6 Å². The number of nitrogens with zero attached hydrogens (tertiary/aromatic N) is 1. The van der Waals surface area contributed by atoms with Crippen molar-refractivity contribution in [2.24, 2.45) is 17.3 Å². The third kappa shape index (κ3) is 3.67. The molecule has 6 rings (SSSR count). The van der Waals surface area contributed by atoms with Gasteiger partial charge in [-0.15, -0.1) is 11.6 Å². The first-order valence-corrected chi connectivity index (χ1v) is 13.2. The number of allylic oxidation sites excluding steroid dienone is 2. The third-order valence-corrected chi connectivity index (χ3v) is 9.76. The normalized spacial score (nSPS) is 39.1. The number of nitrogens with one attached hydrogen (secondary N) is 2.